The van der Waals surface area contributed by atoms with Gasteiger partial charge in [0.1, 0.15) is 0 Å². The lowest BCUT2D eigenvalue weighted by molar-refractivity contribution is -0.0422. The molecule has 0 aromatic rings. The van der Waals surface area contributed by atoms with E-state index in [4.69, 9.17) is 14.2 Å². The maximum atomic E-state index is 5.71. The number of hydrogen-bond donors (Lipinski definition) is 1. The summed E-state index contributed by atoms with van der Waals surface area (Å²) in [5.74, 6) is 0. The van der Waals surface area contributed by atoms with E-state index in [9.17, 15) is 0 Å². The Morgan fingerprint density at radius 3 is 2.47 bits per heavy atom. The third-order valence-electron chi connectivity index (χ3n) is 3.03. The van der Waals surface area contributed by atoms with Crippen LogP contribution in [-0.4, -0.2) is 51.7 Å². The lowest BCUT2D eigenvalue weighted by atomic mass is 10.00. The summed E-state index contributed by atoms with van der Waals surface area (Å²) in [4.78, 5) is 0. The van der Waals surface area contributed by atoms with Crippen LogP contribution in [-0.2, 0) is 14.2 Å². The Morgan fingerprint density at radius 1 is 1.12 bits per heavy atom. The van der Waals surface area contributed by atoms with Crippen LogP contribution >= 0.6 is 0 Å². The Bertz CT molecular complexity index is 180. The molecule has 0 aliphatic carbocycles. The van der Waals surface area contributed by atoms with E-state index in [1.807, 2.05) is 0 Å². The minimum Gasteiger partial charge on any atom is -0.382 e. The summed E-state index contributed by atoms with van der Waals surface area (Å²) >= 11 is 0. The van der Waals surface area contributed by atoms with Crippen LogP contribution in [0.2, 0.25) is 0 Å². The molecule has 0 aromatic heterocycles. The molecular weight excluding hydrogens is 218 g/mol. The largest absolute Gasteiger partial charge is 0.382 e. The summed E-state index contributed by atoms with van der Waals surface area (Å²) < 4.78 is 16.0. The van der Waals surface area contributed by atoms with Gasteiger partial charge in [-0.1, -0.05) is 0 Å². The van der Waals surface area contributed by atoms with Crippen LogP contribution in [0.1, 0.15) is 33.1 Å². The molecule has 102 valence electrons. The molecule has 2 atom stereocenters. The molecule has 2 unspecified atom stereocenters. The van der Waals surface area contributed by atoms with Crippen molar-refractivity contribution in [1.29, 1.82) is 0 Å². The second-order valence-corrected chi connectivity index (χ2v) is 4.84. The van der Waals surface area contributed by atoms with E-state index < -0.39 is 0 Å². The van der Waals surface area contributed by atoms with Gasteiger partial charge in [0, 0.05) is 19.8 Å². The van der Waals surface area contributed by atoms with Gasteiger partial charge in [0.05, 0.1) is 25.4 Å². The molecule has 0 saturated carbocycles. The fraction of sp³-hybridized carbons (Fsp3) is 1.00. The summed E-state index contributed by atoms with van der Waals surface area (Å²) in [6, 6.07) is 0.604. The predicted molar refractivity (Wildman–Crippen MR) is 68.3 cm³/mol. The average Bonchev–Trinajstić information content (AvgIpc) is 2.26. The predicted octanol–water partition coefficient (Wildman–Crippen LogP) is 1.59. The van der Waals surface area contributed by atoms with Crippen LogP contribution < -0.4 is 5.32 Å². The van der Waals surface area contributed by atoms with Gasteiger partial charge in [-0.05, 0) is 39.7 Å². The number of ether oxygens (including phenoxy) is 3. The Balaban J connectivity index is 1.95. The molecule has 1 aliphatic heterocycles. The first kappa shape index (κ1) is 14.9. The van der Waals surface area contributed by atoms with Crippen LogP contribution in [0.25, 0.3) is 0 Å². The second kappa shape index (κ2) is 8.86. The highest BCUT2D eigenvalue weighted by molar-refractivity contribution is 4.78. The van der Waals surface area contributed by atoms with E-state index in [-0.39, 0.29) is 0 Å². The Hall–Kier alpha value is -0.160. The molecule has 0 amide bonds. The van der Waals surface area contributed by atoms with E-state index in [1.165, 1.54) is 0 Å². The van der Waals surface area contributed by atoms with Crippen LogP contribution in [0.3, 0.4) is 0 Å². The van der Waals surface area contributed by atoms with Crippen molar-refractivity contribution in [3.63, 3.8) is 0 Å². The minimum absolute atomic E-state index is 0.384. The molecular formula is C13H27NO3. The fourth-order valence-electron chi connectivity index (χ4n) is 2.30. The molecule has 1 heterocycles. The average molecular weight is 245 g/mol. The maximum Gasteiger partial charge on any atom is 0.0700 e. The van der Waals surface area contributed by atoms with Crippen molar-refractivity contribution in [3.8, 4) is 0 Å². The first-order valence-electron chi connectivity index (χ1n) is 6.68. The highest BCUT2D eigenvalue weighted by Gasteiger charge is 2.23. The zero-order valence-electron chi connectivity index (χ0n) is 11.4. The van der Waals surface area contributed by atoms with Gasteiger partial charge in [-0.25, -0.2) is 0 Å². The number of rotatable bonds is 8. The van der Waals surface area contributed by atoms with Crippen molar-refractivity contribution >= 4 is 0 Å². The van der Waals surface area contributed by atoms with Crippen molar-refractivity contribution in [2.45, 2.75) is 51.4 Å². The van der Waals surface area contributed by atoms with Crippen molar-refractivity contribution in [2.24, 2.45) is 0 Å². The highest BCUT2D eigenvalue weighted by atomic mass is 16.5. The van der Waals surface area contributed by atoms with Crippen molar-refractivity contribution in [3.05, 3.63) is 0 Å². The molecule has 0 spiro atoms. The Kier molecular flexibility index (Phi) is 7.77. The molecule has 4 heteroatoms. The molecule has 1 N–H and O–H groups in total. The Morgan fingerprint density at radius 2 is 1.82 bits per heavy atom. The van der Waals surface area contributed by atoms with Crippen LogP contribution in [0, 0.1) is 0 Å². The van der Waals surface area contributed by atoms with Gasteiger partial charge in [-0.15, -0.1) is 0 Å². The van der Waals surface area contributed by atoms with E-state index >= 15 is 0 Å². The first-order valence-corrected chi connectivity index (χ1v) is 6.68. The summed E-state index contributed by atoms with van der Waals surface area (Å²) in [5.41, 5.74) is 0. The molecule has 1 rings (SSSR count). The monoisotopic (exact) mass is 245 g/mol. The molecule has 0 aromatic carbocycles. The van der Waals surface area contributed by atoms with E-state index in [0.717, 1.165) is 32.4 Å². The quantitative estimate of drug-likeness (QED) is 0.659. The zero-order valence-corrected chi connectivity index (χ0v) is 11.4. The highest BCUT2D eigenvalue weighted by Crippen LogP contribution is 2.18. The fourth-order valence-corrected chi connectivity index (χ4v) is 2.30. The SMILES string of the molecule is COCCOCCCNC1CC(C)OC(C)C1. The number of hydrogen-bond acceptors (Lipinski definition) is 4. The summed E-state index contributed by atoms with van der Waals surface area (Å²) in [6.45, 7) is 7.52. The van der Waals surface area contributed by atoms with Gasteiger partial charge in [-0.2, -0.15) is 0 Å². The van der Waals surface area contributed by atoms with Crippen molar-refractivity contribution < 1.29 is 14.2 Å². The Labute approximate surface area is 105 Å². The normalized spacial score (nSPS) is 29.5. The lowest BCUT2D eigenvalue weighted by Gasteiger charge is -2.32. The molecule has 0 radical (unpaired) electrons. The van der Waals surface area contributed by atoms with Crippen LogP contribution in [0.5, 0.6) is 0 Å². The molecule has 4 nitrogen and oxygen atoms in total. The van der Waals surface area contributed by atoms with Crippen LogP contribution in [0.4, 0.5) is 0 Å². The summed E-state index contributed by atoms with van der Waals surface area (Å²) in [7, 11) is 1.69. The van der Waals surface area contributed by atoms with E-state index in [2.05, 4.69) is 19.2 Å². The number of nitrogens with one attached hydrogen (secondary N) is 1. The zero-order chi connectivity index (χ0) is 12.5. The third kappa shape index (κ3) is 6.99. The summed E-state index contributed by atoms with van der Waals surface area (Å²) in [5, 5.41) is 3.58. The molecule has 0 bridgehead atoms. The number of methoxy groups -OCH3 is 1. The van der Waals surface area contributed by atoms with E-state index in [1.54, 1.807) is 7.11 Å². The van der Waals surface area contributed by atoms with Gasteiger partial charge >= 0.3 is 0 Å². The molecule has 1 aliphatic rings. The minimum atomic E-state index is 0.384. The summed E-state index contributed by atoms with van der Waals surface area (Å²) in [6.07, 6.45) is 4.07. The van der Waals surface area contributed by atoms with Crippen molar-refractivity contribution in [1.82, 2.24) is 5.32 Å². The van der Waals surface area contributed by atoms with Gasteiger partial charge in [-0.3, -0.25) is 0 Å². The van der Waals surface area contributed by atoms with Crippen molar-refractivity contribution in [2.75, 3.05) is 33.5 Å². The smallest absolute Gasteiger partial charge is 0.0700 e. The standard InChI is InChI=1S/C13H27NO3/c1-11-9-13(10-12(2)17-11)14-5-4-6-16-8-7-15-3/h11-14H,4-10H2,1-3H3. The van der Waals surface area contributed by atoms with Gasteiger partial charge in [0.25, 0.3) is 0 Å². The first-order chi connectivity index (χ1) is 8.22. The topological polar surface area (TPSA) is 39.7 Å². The van der Waals surface area contributed by atoms with Gasteiger partial charge in [0.15, 0.2) is 0 Å². The second-order valence-electron chi connectivity index (χ2n) is 4.84. The lowest BCUT2D eigenvalue weighted by Crippen LogP contribution is -2.41. The maximum absolute atomic E-state index is 5.71. The molecule has 1 fully saturated rings. The van der Waals surface area contributed by atoms with E-state index in [0.29, 0.717) is 31.5 Å². The van der Waals surface area contributed by atoms with Gasteiger partial charge in [0.2, 0.25) is 0 Å². The van der Waals surface area contributed by atoms with Gasteiger partial charge < -0.3 is 19.5 Å². The van der Waals surface area contributed by atoms with Crippen LogP contribution in [0.15, 0.2) is 0 Å². The molecule has 17 heavy (non-hydrogen) atoms. The third-order valence-corrected chi connectivity index (χ3v) is 3.03. The molecule has 1 saturated heterocycles.